The van der Waals surface area contributed by atoms with Crippen LogP contribution < -0.4 is 10.1 Å². The van der Waals surface area contributed by atoms with Gasteiger partial charge in [0.1, 0.15) is 17.8 Å². The van der Waals surface area contributed by atoms with Gasteiger partial charge in [0.2, 0.25) is 0 Å². The van der Waals surface area contributed by atoms with Gasteiger partial charge in [-0.2, -0.15) is 8.78 Å². The average Bonchev–Trinajstić information content (AvgIpc) is 2.85. The molecule has 20 heavy (non-hydrogen) atoms. The third-order valence-corrected chi connectivity index (χ3v) is 2.43. The van der Waals surface area contributed by atoms with E-state index >= 15 is 0 Å². The topological polar surface area (TPSA) is 71.7 Å². The van der Waals surface area contributed by atoms with E-state index in [1.165, 1.54) is 18.2 Å². The summed E-state index contributed by atoms with van der Waals surface area (Å²) in [6.45, 7) is -2.65. The van der Waals surface area contributed by atoms with Gasteiger partial charge >= 0.3 is 12.6 Å². The molecular weight excluding hydrogens is 272 g/mol. The number of hydrogen-bond acceptors (Lipinski definition) is 4. The number of hydrogen-bond donors (Lipinski definition) is 2. The van der Waals surface area contributed by atoms with Crippen molar-refractivity contribution in [1.29, 1.82) is 0 Å². The second-order valence-electron chi connectivity index (χ2n) is 3.87. The number of ether oxygens (including phenoxy) is 1. The summed E-state index contributed by atoms with van der Waals surface area (Å²) >= 11 is 0. The fraction of sp³-hybridized carbons (Fsp3) is 0.154. The fourth-order valence-electron chi connectivity index (χ4n) is 1.56. The van der Waals surface area contributed by atoms with E-state index in [1.54, 1.807) is 12.1 Å². The lowest BCUT2D eigenvalue weighted by atomic mass is 10.3. The van der Waals surface area contributed by atoms with Crippen LogP contribution in [0.2, 0.25) is 0 Å². The molecule has 0 fully saturated rings. The highest BCUT2D eigenvalue weighted by Crippen LogP contribution is 2.20. The lowest BCUT2D eigenvalue weighted by Crippen LogP contribution is -2.03. The second-order valence-corrected chi connectivity index (χ2v) is 3.87. The molecule has 1 aromatic carbocycles. The minimum Gasteiger partial charge on any atom is -0.478 e. The van der Waals surface area contributed by atoms with Gasteiger partial charge in [-0.05, 0) is 18.2 Å². The number of rotatable bonds is 6. The molecule has 7 heteroatoms. The number of furan rings is 1. The molecule has 0 bridgehead atoms. The molecule has 0 unspecified atom stereocenters. The molecule has 5 nitrogen and oxygen atoms in total. The largest absolute Gasteiger partial charge is 0.478 e. The molecule has 2 aromatic rings. The van der Waals surface area contributed by atoms with Crippen molar-refractivity contribution >= 4 is 11.7 Å². The molecule has 0 amide bonds. The van der Waals surface area contributed by atoms with Crippen LogP contribution in [-0.4, -0.2) is 17.7 Å². The van der Waals surface area contributed by atoms with Crippen molar-refractivity contribution in [2.75, 3.05) is 5.32 Å². The van der Waals surface area contributed by atoms with Crippen molar-refractivity contribution in [3.63, 3.8) is 0 Å². The van der Waals surface area contributed by atoms with Crippen LogP contribution in [0.3, 0.4) is 0 Å². The van der Waals surface area contributed by atoms with E-state index in [0.29, 0.717) is 11.4 Å². The molecule has 0 saturated carbocycles. The average molecular weight is 283 g/mol. The van der Waals surface area contributed by atoms with Crippen molar-refractivity contribution < 1.29 is 27.8 Å². The Balaban J connectivity index is 1.97. The first-order valence-electron chi connectivity index (χ1n) is 5.64. The van der Waals surface area contributed by atoms with Crippen LogP contribution in [-0.2, 0) is 6.54 Å². The van der Waals surface area contributed by atoms with Gasteiger partial charge in [0, 0.05) is 11.8 Å². The first-order valence-corrected chi connectivity index (χ1v) is 5.64. The molecule has 2 rings (SSSR count). The van der Waals surface area contributed by atoms with E-state index in [0.717, 1.165) is 6.26 Å². The Morgan fingerprint density at radius 1 is 1.40 bits per heavy atom. The lowest BCUT2D eigenvalue weighted by molar-refractivity contribution is -0.0498. The second kappa shape index (κ2) is 6.05. The summed E-state index contributed by atoms with van der Waals surface area (Å²) in [5.74, 6) is -0.620. The van der Waals surface area contributed by atoms with Crippen LogP contribution in [0.4, 0.5) is 14.5 Å². The summed E-state index contributed by atoms with van der Waals surface area (Å²) in [4.78, 5) is 10.7. The molecule has 0 aliphatic carbocycles. The molecular formula is C13H11F2NO4. The van der Waals surface area contributed by atoms with Crippen molar-refractivity contribution in [3.05, 3.63) is 47.9 Å². The van der Waals surface area contributed by atoms with Crippen LogP contribution >= 0.6 is 0 Å². The Kier molecular flexibility index (Phi) is 4.19. The molecule has 0 spiro atoms. The summed E-state index contributed by atoms with van der Waals surface area (Å²) in [5.41, 5.74) is 0.605. The van der Waals surface area contributed by atoms with E-state index in [9.17, 15) is 13.6 Å². The maximum Gasteiger partial charge on any atom is 0.387 e. The monoisotopic (exact) mass is 283 g/mol. The number of alkyl halides is 2. The van der Waals surface area contributed by atoms with Gasteiger partial charge in [-0.25, -0.2) is 4.79 Å². The van der Waals surface area contributed by atoms with Crippen LogP contribution in [0.15, 0.2) is 41.0 Å². The van der Waals surface area contributed by atoms with E-state index in [2.05, 4.69) is 10.1 Å². The molecule has 0 saturated heterocycles. The zero-order valence-electron chi connectivity index (χ0n) is 10.2. The smallest absolute Gasteiger partial charge is 0.387 e. The van der Waals surface area contributed by atoms with Crippen LogP contribution in [0.1, 0.15) is 16.1 Å². The normalized spacial score (nSPS) is 10.6. The number of carboxylic acid groups (broad SMARTS) is 1. The number of aromatic carboxylic acids is 1. The summed E-state index contributed by atoms with van der Waals surface area (Å²) in [7, 11) is 0. The number of carboxylic acids is 1. The van der Waals surface area contributed by atoms with Crippen molar-refractivity contribution in [1.82, 2.24) is 0 Å². The Morgan fingerprint density at radius 2 is 2.20 bits per heavy atom. The summed E-state index contributed by atoms with van der Waals surface area (Å²) < 4.78 is 33.5. The number of nitrogens with one attached hydrogen (secondary N) is 1. The highest BCUT2D eigenvalue weighted by atomic mass is 19.3. The number of benzene rings is 1. The number of halogens is 2. The summed E-state index contributed by atoms with van der Waals surface area (Å²) in [6.07, 6.45) is 1.13. The maximum absolute atomic E-state index is 12.1. The van der Waals surface area contributed by atoms with E-state index in [4.69, 9.17) is 9.52 Å². The predicted molar refractivity (Wildman–Crippen MR) is 66.1 cm³/mol. The van der Waals surface area contributed by atoms with Gasteiger partial charge in [-0.3, -0.25) is 0 Å². The van der Waals surface area contributed by atoms with Gasteiger partial charge in [0.25, 0.3) is 0 Å². The standard InChI is InChI=1S/C13H11F2NO4/c14-13(15)20-10-3-1-2-9(5-10)16-6-11-4-8(7-19-11)12(17)18/h1-5,7,13,16H,6H2,(H,17,18). The molecule has 1 heterocycles. The Hall–Kier alpha value is -2.57. The van der Waals surface area contributed by atoms with Crippen LogP contribution in [0, 0.1) is 0 Å². The number of carbonyl (C=O) groups is 1. The van der Waals surface area contributed by atoms with Gasteiger partial charge in [-0.15, -0.1) is 0 Å². The van der Waals surface area contributed by atoms with Gasteiger partial charge in [-0.1, -0.05) is 6.07 Å². The third kappa shape index (κ3) is 3.71. The molecule has 2 N–H and O–H groups in total. The molecule has 0 aliphatic heterocycles. The first kappa shape index (κ1) is 13.9. The number of anilines is 1. The van der Waals surface area contributed by atoms with Gasteiger partial charge in [0.05, 0.1) is 12.1 Å². The van der Waals surface area contributed by atoms with E-state index < -0.39 is 12.6 Å². The fourth-order valence-corrected chi connectivity index (χ4v) is 1.56. The minimum absolute atomic E-state index is 0.0377. The summed E-state index contributed by atoms with van der Waals surface area (Å²) in [5, 5.41) is 11.7. The molecule has 106 valence electrons. The predicted octanol–water partition coefficient (Wildman–Crippen LogP) is 3.19. The SMILES string of the molecule is O=C(O)c1coc(CNc2cccc(OC(F)F)c2)c1. The minimum atomic E-state index is -2.88. The van der Waals surface area contributed by atoms with Crippen LogP contribution in [0.25, 0.3) is 0 Å². The van der Waals surface area contributed by atoms with E-state index in [1.807, 2.05) is 0 Å². The summed E-state index contributed by atoms with van der Waals surface area (Å²) in [6, 6.07) is 7.43. The van der Waals surface area contributed by atoms with Crippen LogP contribution in [0.5, 0.6) is 5.75 Å². The molecule has 1 aromatic heterocycles. The third-order valence-electron chi connectivity index (χ3n) is 2.43. The van der Waals surface area contributed by atoms with Gasteiger partial charge < -0.3 is 19.6 Å². The highest BCUT2D eigenvalue weighted by molar-refractivity contribution is 5.87. The Labute approximate surface area is 112 Å². The molecule has 0 radical (unpaired) electrons. The Bertz CT molecular complexity index is 598. The molecule has 0 atom stereocenters. The molecule has 0 aliphatic rings. The zero-order chi connectivity index (χ0) is 14.5. The van der Waals surface area contributed by atoms with Gasteiger partial charge in [0.15, 0.2) is 0 Å². The van der Waals surface area contributed by atoms with E-state index in [-0.39, 0.29) is 17.9 Å². The van der Waals surface area contributed by atoms with Crippen molar-refractivity contribution in [3.8, 4) is 5.75 Å². The first-order chi connectivity index (χ1) is 9.54. The quantitative estimate of drug-likeness (QED) is 0.851. The Morgan fingerprint density at radius 3 is 2.85 bits per heavy atom. The maximum atomic E-state index is 12.1. The highest BCUT2D eigenvalue weighted by Gasteiger charge is 2.08. The van der Waals surface area contributed by atoms with Crippen molar-refractivity contribution in [2.24, 2.45) is 0 Å². The lowest BCUT2D eigenvalue weighted by Gasteiger charge is -2.08. The zero-order valence-corrected chi connectivity index (χ0v) is 10.2. The van der Waals surface area contributed by atoms with Crippen molar-refractivity contribution in [2.45, 2.75) is 13.2 Å².